The summed E-state index contributed by atoms with van der Waals surface area (Å²) in [5.41, 5.74) is 5.49. The summed E-state index contributed by atoms with van der Waals surface area (Å²) in [6.45, 7) is 3.42. The van der Waals surface area contributed by atoms with Crippen LogP contribution in [0.1, 0.15) is 19.4 Å². The van der Waals surface area contributed by atoms with Crippen LogP contribution in [-0.2, 0) is 19.9 Å². The van der Waals surface area contributed by atoms with Crippen molar-refractivity contribution in [2.45, 2.75) is 19.4 Å². The third kappa shape index (κ3) is 3.56. The zero-order valence-electron chi connectivity index (χ0n) is 10.6. The first-order valence-electron chi connectivity index (χ1n) is 5.76. The molecular weight excluding hydrogens is 232 g/mol. The van der Waals surface area contributed by atoms with Gasteiger partial charge in [-0.15, -0.1) is 0 Å². The van der Waals surface area contributed by atoms with Crippen LogP contribution in [0.25, 0.3) is 0 Å². The van der Waals surface area contributed by atoms with E-state index >= 15 is 0 Å². The van der Waals surface area contributed by atoms with Crippen LogP contribution in [0.2, 0.25) is 0 Å². The summed E-state index contributed by atoms with van der Waals surface area (Å²) >= 11 is 0. The molecule has 0 heterocycles. The first kappa shape index (κ1) is 14.2. The highest BCUT2D eigenvalue weighted by atomic mass is 16.5. The van der Waals surface area contributed by atoms with Crippen LogP contribution in [0.3, 0.4) is 0 Å². The second-order valence-electron chi connectivity index (χ2n) is 4.06. The minimum atomic E-state index is -1.17. The van der Waals surface area contributed by atoms with Gasteiger partial charge < -0.3 is 15.8 Å². The summed E-state index contributed by atoms with van der Waals surface area (Å²) in [5.74, 6) is -0.892. The van der Waals surface area contributed by atoms with E-state index in [2.05, 4.69) is 5.32 Å². The minimum Gasteiger partial charge on any atom is -0.465 e. The van der Waals surface area contributed by atoms with Gasteiger partial charge in [0.1, 0.15) is 12.1 Å². The highest BCUT2D eigenvalue weighted by Crippen LogP contribution is 2.17. The number of ether oxygens (including phenoxy) is 1. The van der Waals surface area contributed by atoms with Crippen LogP contribution < -0.4 is 11.1 Å². The molecule has 1 amide bonds. The summed E-state index contributed by atoms with van der Waals surface area (Å²) in [4.78, 5) is 23.1. The molecule has 0 bridgehead atoms. The monoisotopic (exact) mass is 250 g/mol. The van der Waals surface area contributed by atoms with Gasteiger partial charge in [-0.2, -0.15) is 0 Å². The van der Waals surface area contributed by atoms with E-state index in [-0.39, 0.29) is 13.2 Å². The van der Waals surface area contributed by atoms with Crippen LogP contribution in [0, 0.1) is 0 Å². The third-order valence-corrected chi connectivity index (χ3v) is 2.54. The van der Waals surface area contributed by atoms with Crippen molar-refractivity contribution in [1.82, 2.24) is 5.32 Å². The van der Waals surface area contributed by atoms with Gasteiger partial charge in [0, 0.05) is 0 Å². The first-order chi connectivity index (χ1) is 8.48. The normalized spacial score (nSPS) is 13.5. The molecule has 0 aliphatic heterocycles. The largest absolute Gasteiger partial charge is 0.465 e. The van der Waals surface area contributed by atoms with Gasteiger partial charge in [-0.25, -0.2) is 0 Å². The predicted octanol–water partition coefficient (Wildman–Crippen LogP) is 0.540. The second kappa shape index (κ2) is 6.16. The van der Waals surface area contributed by atoms with Gasteiger partial charge >= 0.3 is 5.97 Å². The molecule has 1 rings (SSSR count). The molecule has 98 valence electrons. The van der Waals surface area contributed by atoms with Crippen molar-refractivity contribution in [3.05, 3.63) is 35.9 Å². The molecule has 0 aromatic heterocycles. The molecule has 0 spiro atoms. The van der Waals surface area contributed by atoms with Crippen LogP contribution in [-0.4, -0.2) is 25.0 Å². The Labute approximate surface area is 106 Å². The third-order valence-electron chi connectivity index (χ3n) is 2.54. The quantitative estimate of drug-likeness (QED) is 0.747. The van der Waals surface area contributed by atoms with Crippen molar-refractivity contribution in [2.24, 2.45) is 5.73 Å². The van der Waals surface area contributed by atoms with E-state index in [4.69, 9.17) is 10.5 Å². The molecule has 0 aliphatic carbocycles. The summed E-state index contributed by atoms with van der Waals surface area (Å²) in [6, 6.07) is 8.99. The van der Waals surface area contributed by atoms with Gasteiger partial charge in [-0.05, 0) is 19.4 Å². The molecule has 18 heavy (non-hydrogen) atoms. The lowest BCUT2D eigenvalue weighted by atomic mass is 9.92. The second-order valence-corrected chi connectivity index (χ2v) is 4.06. The van der Waals surface area contributed by atoms with Gasteiger partial charge in [0.05, 0.1) is 6.61 Å². The Morgan fingerprint density at radius 1 is 1.33 bits per heavy atom. The molecule has 0 saturated carbocycles. The molecule has 1 atom stereocenters. The number of carbonyl (C=O) groups excluding carboxylic acids is 2. The van der Waals surface area contributed by atoms with Gasteiger partial charge in [0.2, 0.25) is 5.91 Å². The Morgan fingerprint density at radius 2 is 1.94 bits per heavy atom. The lowest BCUT2D eigenvalue weighted by Crippen LogP contribution is -2.50. The summed E-state index contributed by atoms with van der Waals surface area (Å²) < 4.78 is 4.72. The topological polar surface area (TPSA) is 81.4 Å². The summed E-state index contributed by atoms with van der Waals surface area (Å²) in [6.07, 6.45) is 0. The van der Waals surface area contributed by atoms with Crippen molar-refractivity contribution in [2.75, 3.05) is 13.2 Å². The number of amides is 1. The van der Waals surface area contributed by atoms with Crippen molar-refractivity contribution < 1.29 is 14.3 Å². The number of benzene rings is 1. The van der Waals surface area contributed by atoms with Gasteiger partial charge in [-0.3, -0.25) is 9.59 Å². The van der Waals surface area contributed by atoms with E-state index in [1.54, 1.807) is 38.1 Å². The minimum absolute atomic E-state index is 0.174. The Morgan fingerprint density at radius 3 is 2.50 bits per heavy atom. The average Bonchev–Trinajstić information content (AvgIpc) is 2.37. The molecule has 1 aromatic carbocycles. The zero-order valence-corrected chi connectivity index (χ0v) is 10.6. The molecular formula is C13H18N2O3. The number of hydrogen-bond donors (Lipinski definition) is 2. The molecule has 0 aliphatic rings. The molecule has 0 fully saturated rings. The Hall–Kier alpha value is -1.88. The molecule has 1 aromatic rings. The zero-order chi connectivity index (χ0) is 13.6. The maximum atomic E-state index is 11.9. The maximum Gasteiger partial charge on any atom is 0.325 e. The van der Waals surface area contributed by atoms with E-state index in [1.807, 2.05) is 6.07 Å². The van der Waals surface area contributed by atoms with E-state index in [9.17, 15) is 9.59 Å². The average molecular weight is 250 g/mol. The molecule has 5 nitrogen and oxygen atoms in total. The summed E-state index contributed by atoms with van der Waals surface area (Å²) in [7, 11) is 0. The molecule has 3 N–H and O–H groups in total. The number of nitrogens with two attached hydrogens (primary N) is 1. The lowest BCUT2D eigenvalue weighted by molar-refractivity contribution is -0.144. The van der Waals surface area contributed by atoms with E-state index < -0.39 is 17.4 Å². The number of nitrogens with one attached hydrogen (secondary N) is 1. The number of rotatable bonds is 5. The molecule has 1 unspecified atom stereocenters. The fourth-order valence-corrected chi connectivity index (χ4v) is 1.46. The molecule has 0 radical (unpaired) electrons. The fourth-order valence-electron chi connectivity index (χ4n) is 1.46. The van der Waals surface area contributed by atoms with Gasteiger partial charge in [0.15, 0.2) is 0 Å². The fraction of sp³-hybridized carbons (Fsp3) is 0.385. The van der Waals surface area contributed by atoms with Crippen molar-refractivity contribution in [3.63, 3.8) is 0 Å². The van der Waals surface area contributed by atoms with Crippen LogP contribution in [0.5, 0.6) is 0 Å². The van der Waals surface area contributed by atoms with Crippen LogP contribution in [0.15, 0.2) is 30.3 Å². The van der Waals surface area contributed by atoms with E-state index in [1.165, 1.54) is 0 Å². The van der Waals surface area contributed by atoms with E-state index in [0.717, 1.165) is 0 Å². The highest BCUT2D eigenvalue weighted by molar-refractivity contribution is 5.89. The SMILES string of the molecule is CCOC(=O)CNC(=O)C(C)(N)c1ccccc1. The Bertz CT molecular complexity index is 416. The maximum absolute atomic E-state index is 11.9. The van der Waals surface area contributed by atoms with Gasteiger partial charge in [-0.1, -0.05) is 30.3 Å². The van der Waals surface area contributed by atoms with Crippen molar-refractivity contribution in [1.29, 1.82) is 0 Å². The number of esters is 1. The predicted molar refractivity (Wildman–Crippen MR) is 67.6 cm³/mol. The lowest BCUT2D eigenvalue weighted by Gasteiger charge is -2.23. The van der Waals surface area contributed by atoms with Crippen molar-refractivity contribution in [3.8, 4) is 0 Å². The van der Waals surface area contributed by atoms with E-state index in [0.29, 0.717) is 5.56 Å². The van der Waals surface area contributed by atoms with Crippen molar-refractivity contribution >= 4 is 11.9 Å². The number of hydrogen-bond acceptors (Lipinski definition) is 4. The summed E-state index contributed by atoms with van der Waals surface area (Å²) in [5, 5.41) is 2.47. The Kier molecular flexibility index (Phi) is 4.85. The van der Waals surface area contributed by atoms with Crippen LogP contribution >= 0.6 is 0 Å². The van der Waals surface area contributed by atoms with Gasteiger partial charge in [0.25, 0.3) is 0 Å². The standard InChI is InChI=1S/C13H18N2O3/c1-3-18-11(16)9-15-12(17)13(2,14)10-7-5-4-6-8-10/h4-8H,3,9,14H2,1-2H3,(H,15,17). The first-order valence-corrected chi connectivity index (χ1v) is 5.76. The highest BCUT2D eigenvalue weighted by Gasteiger charge is 2.30. The Balaban J connectivity index is 2.63. The molecule has 5 heteroatoms. The smallest absolute Gasteiger partial charge is 0.325 e. The number of carbonyl (C=O) groups is 2. The molecule has 0 saturated heterocycles. The van der Waals surface area contributed by atoms with Crippen LogP contribution in [0.4, 0.5) is 0 Å².